The molecule has 140 valence electrons. The SMILES string of the molecule is O=S(=O)(Nc1ccccn1)c1ccc(N=C[C@H](O)[C@@H](O)[C@H](O)CO)cc1. The Labute approximate surface area is 150 Å². The van der Waals surface area contributed by atoms with Gasteiger partial charge in [0.15, 0.2) is 0 Å². The second-order valence-corrected chi connectivity index (χ2v) is 7.01. The lowest BCUT2D eigenvalue weighted by Gasteiger charge is -2.18. The van der Waals surface area contributed by atoms with Crippen molar-refractivity contribution in [3.05, 3.63) is 48.7 Å². The van der Waals surface area contributed by atoms with Gasteiger partial charge in [-0.25, -0.2) is 13.4 Å². The molecule has 0 radical (unpaired) electrons. The van der Waals surface area contributed by atoms with Crippen molar-refractivity contribution in [2.24, 2.45) is 4.99 Å². The molecular weight excluding hydrogens is 362 g/mol. The van der Waals surface area contributed by atoms with E-state index in [1.165, 1.54) is 36.5 Å². The van der Waals surface area contributed by atoms with Crippen molar-refractivity contribution in [2.45, 2.75) is 23.2 Å². The van der Waals surface area contributed by atoms with Crippen molar-refractivity contribution in [1.29, 1.82) is 0 Å². The monoisotopic (exact) mass is 381 g/mol. The van der Waals surface area contributed by atoms with Gasteiger partial charge in [0, 0.05) is 12.4 Å². The highest BCUT2D eigenvalue weighted by Crippen LogP contribution is 2.18. The van der Waals surface area contributed by atoms with Crippen LogP contribution in [-0.4, -0.2) is 65.0 Å². The molecule has 0 aliphatic carbocycles. The molecule has 1 aromatic carbocycles. The second kappa shape index (κ2) is 8.83. The first kappa shape index (κ1) is 19.9. The zero-order valence-corrected chi connectivity index (χ0v) is 14.4. The van der Waals surface area contributed by atoms with E-state index in [4.69, 9.17) is 5.11 Å². The molecular formula is C16H19N3O6S. The van der Waals surface area contributed by atoms with Crippen LogP contribution in [0.5, 0.6) is 0 Å². The molecule has 9 nitrogen and oxygen atoms in total. The van der Waals surface area contributed by atoms with Crippen molar-refractivity contribution in [2.75, 3.05) is 11.3 Å². The number of nitrogens with zero attached hydrogens (tertiary/aromatic N) is 2. The van der Waals surface area contributed by atoms with E-state index in [1.54, 1.807) is 12.1 Å². The topological polar surface area (TPSA) is 152 Å². The first-order chi connectivity index (χ1) is 12.3. The molecule has 0 bridgehead atoms. The minimum atomic E-state index is -3.80. The molecule has 1 heterocycles. The molecule has 5 N–H and O–H groups in total. The van der Waals surface area contributed by atoms with Gasteiger partial charge in [0.25, 0.3) is 10.0 Å². The van der Waals surface area contributed by atoms with E-state index in [-0.39, 0.29) is 10.7 Å². The zero-order valence-electron chi connectivity index (χ0n) is 13.5. The molecule has 0 aliphatic rings. The van der Waals surface area contributed by atoms with Gasteiger partial charge in [-0.05, 0) is 36.4 Å². The Hall–Kier alpha value is -2.37. The Morgan fingerprint density at radius 2 is 1.81 bits per heavy atom. The fraction of sp³-hybridized carbons (Fsp3) is 0.250. The Balaban J connectivity index is 2.07. The molecule has 2 aromatic rings. The fourth-order valence-corrected chi connectivity index (χ4v) is 2.93. The van der Waals surface area contributed by atoms with E-state index >= 15 is 0 Å². The molecule has 0 saturated carbocycles. The van der Waals surface area contributed by atoms with Crippen molar-refractivity contribution in [3.63, 3.8) is 0 Å². The van der Waals surface area contributed by atoms with Gasteiger partial charge in [0.1, 0.15) is 24.1 Å². The van der Waals surface area contributed by atoms with Gasteiger partial charge in [-0.15, -0.1) is 0 Å². The number of hydrogen-bond donors (Lipinski definition) is 5. The predicted octanol–water partition coefficient (Wildman–Crippen LogP) is -0.340. The Morgan fingerprint density at radius 1 is 1.12 bits per heavy atom. The number of aliphatic hydroxyl groups is 4. The summed E-state index contributed by atoms with van der Waals surface area (Å²) in [6, 6.07) is 10.3. The van der Waals surface area contributed by atoms with Gasteiger partial charge in [-0.1, -0.05) is 6.07 Å². The van der Waals surface area contributed by atoms with Gasteiger partial charge >= 0.3 is 0 Å². The number of aromatic nitrogens is 1. The lowest BCUT2D eigenvalue weighted by Crippen LogP contribution is -2.40. The van der Waals surface area contributed by atoms with E-state index in [0.717, 1.165) is 6.21 Å². The summed E-state index contributed by atoms with van der Waals surface area (Å²) >= 11 is 0. The summed E-state index contributed by atoms with van der Waals surface area (Å²) in [5.74, 6) is 0.189. The molecule has 0 unspecified atom stereocenters. The van der Waals surface area contributed by atoms with Crippen LogP contribution in [0, 0.1) is 0 Å². The van der Waals surface area contributed by atoms with E-state index < -0.39 is 34.9 Å². The highest BCUT2D eigenvalue weighted by molar-refractivity contribution is 7.92. The summed E-state index contributed by atoms with van der Waals surface area (Å²) in [5, 5.41) is 37.1. The van der Waals surface area contributed by atoms with Crippen LogP contribution in [0.1, 0.15) is 0 Å². The Morgan fingerprint density at radius 3 is 2.38 bits per heavy atom. The van der Waals surface area contributed by atoms with Gasteiger partial charge in [-0.3, -0.25) is 9.71 Å². The summed E-state index contributed by atoms with van der Waals surface area (Å²) in [6.45, 7) is -0.706. The highest BCUT2D eigenvalue weighted by atomic mass is 32.2. The molecule has 3 atom stereocenters. The maximum absolute atomic E-state index is 12.3. The molecule has 10 heteroatoms. The molecule has 0 fully saturated rings. The number of hydrogen-bond acceptors (Lipinski definition) is 8. The number of anilines is 1. The average molecular weight is 381 g/mol. The quantitative estimate of drug-likeness (QED) is 0.392. The van der Waals surface area contributed by atoms with Gasteiger partial charge in [-0.2, -0.15) is 0 Å². The van der Waals surface area contributed by atoms with Crippen LogP contribution in [-0.2, 0) is 10.0 Å². The summed E-state index contributed by atoms with van der Waals surface area (Å²) in [5.41, 5.74) is 0.325. The number of sulfonamides is 1. The maximum atomic E-state index is 12.3. The summed E-state index contributed by atoms with van der Waals surface area (Å²) in [7, 11) is -3.80. The van der Waals surface area contributed by atoms with Crippen molar-refractivity contribution >= 4 is 27.7 Å². The molecule has 2 rings (SSSR count). The average Bonchev–Trinajstić information content (AvgIpc) is 2.65. The molecule has 26 heavy (non-hydrogen) atoms. The maximum Gasteiger partial charge on any atom is 0.263 e. The number of benzene rings is 1. The molecule has 0 aliphatic heterocycles. The van der Waals surface area contributed by atoms with Crippen molar-refractivity contribution < 1.29 is 28.8 Å². The first-order valence-corrected chi connectivity index (χ1v) is 9.05. The van der Waals surface area contributed by atoms with Gasteiger partial charge in [0.05, 0.1) is 17.2 Å². The third kappa shape index (κ3) is 5.31. The highest BCUT2D eigenvalue weighted by Gasteiger charge is 2.22. The van der Waals surface area contributed by atoms with Gasteiger partial charge < -0.3 is 20.4 Å². The Bertz CT molecular complexity index is 827. The van der Waals surface area contributed by atoms with Crippen LogP contribution in [0.3, 0.4) is 0 Å². The number of nitrogens with one attached hydrogen (secondary N) is 1. The minimum absolute atomic E-state index is 0.00149. The Kier molecular flexibility index (Phi) is 6.77. The van der Waals surface area contributed by atoms with E-state index in [2.05, 4.69) is 14.7 Å². The smallest absolute Gasteiger partial charge is 0.263 e. The van der Waals surface area contributed by atoms with Crippen LogP contribution in [0.15, 0.2) is 58.5 Å². The lowest BCUT2D eigenvalue weighted by molar-refractivity contribution is -0.0541. The lowest BCUT2D eigenvalue weighted by atomic mass is 10.1. The summed E-state index contributed by atoms with van der Waals surface area (Å²) < 4.78 is 26.9. The van der Waals surface area contributed by atoms with Crippen LogP contribution >= 0.6 is 0 Å². The summed E-state index contributed by atoms with van der Waals surface area (Å²) in [4.78, 5) is 7.78. The van der Waals surface area contributed by atoms with Crippen LogP contribution in [0.4, 0.5) is 11.5 Å². The number of rotatable bonds is 8. The third-order valence-electron chi connectivity index (χ3n) is 3.36. The third-order valence-corrected chi connectivity index (χ3v) is 4.73. The van der Waals surface area contributed by atoms with Gasteiger partial charge in [0.2, 0.25) is 0 Å². The molecule has 0 saturated heterocycles. The fourth-order valence-electron chi connectivity index (χ4n) is 1.92. The molecule has 0 amide bonds. The standard InChI is InChI=1S/C16H19N3O6S/c20-10-14(22)16(23)13(21)9-18-11-4-6-12(7-5-11)26(24,25)19-15-3-1-2-8-17-15/h1-9,13-14,16,20-23H,10H2,(H,17,19)/t13-,14+,16+/m0/s1. The van der Waals surface area contributed by atoms with Crippen LogP contribution < -0.4 is 4.72 Å². The normalized spacial score (nSPS) is 15.5. The predicted molar refractivity (Wildman–Crippen MR) is 94.7 cm³/mol. The van der Waals surface area contributed by atoms with E-state index in [9.17, 15) is 23.7 Å². The number of aliphatic imine (C=N–C) groups is 1. The van der Waals surface area contributed by atoms with E-state index in [1.807, 2.05) is 0 Å². The second-order valence-electron chi connectivity index (χ2n) is 5.32. The summed E-state index contributed by atoms with van der Waals surface area (Å²) in [6.07, 6.45) is -2.14. The van der Waals surface area contributed by atoms with Crippen LogP contribution in [0.25, 0.3) is 0 Å². The van der Waals surface area contributed by atoms with Crippen molar-refractivity contribution in [3.8, 4) is 0 Å². The minimum Gasteiger partial charge on any atom is -0.394 e. The first-order valence-electron chi connectivity index (χ1n) is 7.56. The van der Waals surface area contributed by atoms with Crippen molar-refractivity contribution in [1.82, 2.24) is 4.98 Å². The number of pyridine rings is 1. The largest absolute Gasteiger partial charge is 0.394 e. The number of aliphatic hydroxyl groups excluding tert-OH is 4. The van der Waals surface area contributed by atoms with Crippen LogP contribution in [0.2, 0.25) is 0 Å². The molecule has 1 aromatic heterocycles. The zero-order chi connectivity index (χ0) is 19.2. The van der Waals surface area contributed by atoms with E-state index in [0.29, 0.717) is 5.69 Å². The molecule has 0 spiro atoms.